The van der Waals surface area contributed by atoms with Crippen molar-refractivity contribution in [3.63, 3.8) is 0 Å². The van der Waals surface area contributed by atoms with Gasteiger partial charge in [0.1, 0.15) is 10.6 Å². The first-order chi connectivity index (χ1) is 9.72. The van der Waals surface area contributed by atoms with Crippen LogP contribution in [0.1, 0.15) is 58.1 Å². The van der Waals surface area contributed by atoms with Crippen LogP contribution in [-0.2, 0) is 10.0 Å². The molecule has 0 unspecified atom stereocenters. The predicted octanol–water partition coefficient (Wildman–Crippen LogP) is 3.59. The third kappa shape index (κ3) is 4.45. The Labute approximate surface area is 129 Å². The first kappa shape index (κ1) is 18.0. The summed E-state index contributed by atoms with van der Waals surface area (Å²) in [6.07, 6.45) is 0.742. The van der Waals surface area contributed by atoms with E-state index in [-0.39, 0.29) is 16.9 Å². The summed E-state index contributed by atoms with van der Waals surface area (Å²) in [5, 5.41) is 0. The highest BCUT2D eigenvalue weighted by Gasteiger charge is 2.23. The Hall–Kier alpha value is -1.07. The molecule has 0 saturated heterocycles. The van der Waals surface area contributed by atoms with Crippen molar-refractivity contribution in [1.82, 2.24) is 4.72 Å². The van der Waals surface area contributed by atoms with Gasteiger partial charge in [-0.05, 0) is 56.4 Å². The summed E-state index contributed by atoms with van der Waals surface area (Å²) in [7, 11) is -3.57. The van der Waals surface area contributed by atoms with E-state index in [1.807, 2.05) is 33.8 Å². The van der Waals surface area contributed by atoms with Gasteiger partial charge in [-0.2, -0.15) is 0 Å². The van der Waals surface area contributed by atoms with Gasteiger partial charge in [0, 0.05) is 6.04 Å². The van der Waals surface area contributed by atoms with E-state index in [2.05, 4.69) is 18.6 Å². The topological polar surface area (TPSA) is 55.4 Å². The van der Waals surface area contributed by atoms with Crippen LogP contribution < -0.4 is 9.46 Å². The first-order valence-corrected chi connectivity index (χ1v) is 9.00. The molecule has 0 aliphatic rings. The monoisotopic (exact) mass is 313 g/mol. The minimum absolute atomic E-state index is 0.103. The van der Waals surface area contributed by atoms with Crippen LogP contribution in [0.4, 0.5) is 0 Å². The molecule has 0 heterocycles. The van der Waals surface area contributed by atoms with Gasteiger partial charge >= 0.3 is 0 Å². The third-order valence-corrected chi connectivity index (χ3v) is 5.12. The van der Waals surface area contributed by atoms with Gasteiger partial charge in [0.15, 0.2) is 0 Å². The molecule has 0 amide bonds. The van der Waals surface area contributed by atoms with Crippen molar-refractivity contribution < 1.29 is 13.2 Å². The maximum absolute atomic E-state index is 12.6. The number of hydrogen-bond donors (Lipinski definition) is 1. The predicted molar refractivity (Wildman–Crippen MR) is 86.5 cm³/mol. The van der Waals surface area contributed by atoms with E-state index < -0.39 is 10.0 Å². The van der Waals surface area contributed by atoms with Gasteiger partial charge in [-0.25, -0.2) is 13.1 Å². The zero-order chi connectivity index (χ0) is 16.2. The number of benzene rings is 1. The molecule has 21 heavy (non-hydrogen) atoms. The fraction of sp³-hybridized carbons (Fsp3) is 0.625. The molecule has 120 valence electrons. The summed E-state index contributed by atoms with van der Waals surface area (Å²) >= 11 is 0. The largest absolute Gasteiger partial charge is 0.492 e. The van der Waals surface area contributed by atoms with Gasteiger partial charge in [-0.15, -0.1) is 0 Å². The van der Waals surface area contributed by atoms with Crippen molar-refractivity contribution in [2.24, 2.45) is 0 Å². The lowest BCUT2D eigenvalue weighted by atomic mass is 9.98. The zero-order valence-corrected chi connectivity index (χ0v) is 14.7. The minimum atomic E-state index is -3.57. The maximum Gasteiger partial charge on any atom is 0.244 e. The van der Waals surface area contributed by atoms with Crippen LogP contribution in [0.5, 0.6) is 5.75 Å². The fourth-order valence-corrected chi connectivity index (χ4v) is 3.68. The van der Waals surface area contributed by atoms with Gasteiger partial charge in [0.05, 0.1) is 6.61 Å². The summed E-state index contributed by atoms with van der Waals surface area (Å²) in [6, 6.07) is 3.47. The normalized spacial score (nSPS) is 13.5. The number of hydrogen-bond acceptors (Lipinski definition) is 3. The van der Waals surface area contributed by atoms with Crippen molar-refractivity contribution in [3.05, 3.63) is 23.3 Å². The molecule has 0 saturated carbocycles. The molecule has 4 nitrogen and oxygen atoms in total. The van der Waals surface area contributed by atoms with E-state index in [9.17, 15) is 8.42 Å². The second-order valence-corrected chi connectivity index (χ2v) is 7.36. The Balaban J connectivity index is 3.40. The van der Waals surface area contributed by atoms with Crippen molar-refractivity contribution in [2.45, 2.75) is 64.8 Å². The van der Waals surface area contributed by atoms with Gasteiger partial charge in [-0.1, -0.05) is 20.8 Å². The van der Waals surface area contributed by atoms with E-state index in [1.54, 1.807) is 6.07 Å². The highest BCUT2D eigenvalue weighted by molar-refractivity contribution is 7.89. The molecule has 0 bridgehead atoms. The summed E-state index contributed by atoms with van der Waals surface area (Å²) < 4.78 is 33.4. The Morgan fingerprint density at radius 2 is 1.81 bits per heavy atom. The second-order valence-electron chi connectivity index (χ2n) is 5.67. The van der Waals surface area contributed by atoms with Crippen LogP contribution in [0.2, 0.25) is 0 Å². The highest BCUT2D eigenvalue weighted by atomic mass is 32.2. The van der Waals surface area contributed by atoms with Crippen molar-refractivity contribution in [2.75, 3.05) is 6.61 Å². The van der Waals surface area contributed by atoms with Crippen molar-refractivity contribution >= 4 is 10.0 Å². The fourth-order valence-electron chi connectivity index (χ4n) is 2.19. The lowest BCUT2D eigenvalue weighted by molar-refractivity contribution is 0.330. The molecular formula is C16H27NO3S. The lowest BCUT2D eigenvalue weighted by Crippen LogP contribution is -2.32. The highest BCUT2D eigenvalue weighted by Crippen LogP contribution is 2.31. The molecule has 0 aliphatic carbocycles. The average Bonchev–Trinajstić information content (AvgIpc) is 2.37. The van der Waals surface area contributed by atoms with Crippen LogP contribution in [0, 0.1) is 6.92 Å². The van der Waals surface area contributed by atoms with E-state index in [0.717, 1.165) is 17.5 Å². The number of rotatable bonds is 7. The molecular weight excluding hydrogens is 286 g/mol. The molecule has 1 aromatic carbocycles. The Morgan fingerprint density at radius 1 is 1.19 bits per heavy atom. The van der Waals surface area contributed by atoms with Crippen LogP contribution in [0.25, 0.3) is 0 Å². The minimum Gasteiger partial charge on any atom is -0.492 e. The van der Waals surface area contributed by atoms with E-state index in [0.29, 0.717) is 12.4 Å². The lowest BCUT2D eigenvalue weighted by Gasteiger charge is -2.19. The third-order valence-electron chi connectivity index (χ3n) is 3.51. The maximum atomic E-state index is 12.6. The van der Waals surface area contributed by atoms with E-state index >= 15 is 0 Å². The molecule has 1 atom stereocenters. The van der Waals surface area contributed by atoms with Gasteiger partial charge in [0.25, 0.3) is 0 Å². The Kier molecular flexibility index (Phi) is 6.23. The molecule has 0 radical (unpaired) electrons. The molecule has 1 aromatic rings. The molecule has 0 aromatic heterocycles. The summed E-state index contributed by atoms with van der Waals surface area (Å²) in [5.74, 6) is 0.688. The quantitative estimate of drug-likeness (QED) is 0.837. The van der Waals surface area contributed by atoms with Crippen LogP contribution in [-0.4, -0.2) is 21.1 Å². The molecule has 0 fully saturated rings. The summed E-state index contributed by atoms with van der Waals surface area (Å²) in [6.45, 7) is 12.2. The molecule has 0 spiro atoms. The van der Waals surface area contributed by atoms with Gasteiger partial charge in [-0.3, -0.25) is 0 Å². The van der Waals surface area contributed by atoms with Crippen molar-refractivity contribution in [3.8, 4) is 5.75 Å². The molecule has 1 N–H and O–H groups in total. The van der Waals surface area contributed by atoms with Crippen LogP contribution >= 0.6 is 0 Å². The Morgan fingerprint density at radius 3 is 2.29 bits per heavy atom. The summed E-state index contributed by atoms with van der Waals surface area (Å²) in [5.41, 5.74) is 2.08. The smallest absolute Gasteiger partial charge is 0.244 e. The van der Waals surface area contributed by atoms with Crippen molar-refractivity contribution in [1.29, 1.82) is 0 Å². The van der Waals surface area contributed by atoms with E-state index in [4.69, 9.17) is 4.74 Å². The number of ether oxygens (including phenoxy) is 1. The first-order valence-electron chi connectivity index (χ1n) is 7.52. The molecule has 5 heteroatoms. The van der Waals surface area contributed by atoms with Gasteiger partial charge < -0.3 is 4.74 Å². The Bertz CT molecular complexity index is 579. The van der Waals surface area contributed by atoms with Crippen LogP contribution in [0.15, 0.2) is 17.0 Å². The number of aryl methyl sites for hydroxylation is 1. The molecule has 1 rings (SSSR count). The van der Waals surface area contributed by atoms with E-state index in [1.165, 1.54) is 0 Å². The van der Waals surface area contributed by atoms with Gasteiger partial charge in [0.2, 0.25) is 10.0 Å². The average molecular weight is 313 g/mol. The number of nitrogens with one attached hydrogen (secondary N) is 1. The van der Waals surface area contributed by atoms with Crippen LogP contribution in [0.3, 0.4) is 0 Å². The second kappa shape index (κ2) is 7.27. The SMILES string of the molecule is CCOc1cc(C)c(C(C)C)cc1S(=O)(=O)N[C@H](C)CC. The zero-order valence-electron chi connectivity index (χ0n) is 13.9. The summed E-state index contributed by atoms with van der Waals surface area (Å²) in [4.78, 5) is 0.235. The molecule has 0 aliphatic heterocycles. The standard InChI is InChI=1S/C16H27NO3S/c1-7-13(6)17-21(18,19)16-10-14(11(3)4)12(5)9-15(16)20-8-2/h9-11,13,17H,7-8H2,1-6H3/t13-/m1/s1. The number of sulfonamides is 1.